The van der Waals surface area contributed by atoms with Gasteiger partial charge in [0.1, 0.15) is 0 Å². The molecule has 0 radical (unpaired) electrons. The first-order valence-corrected chi connectivity index (χ1v) is 7.29. The van der Waals surface area contributed by atoms with Crippen molar-refractivity contribution < 1.29 is 4.79 Å². The molecular weight excluding hydrogens is 378 g/mol. The molecule has 0 aliphatic carbocycles. The van der Waals surface area contributed by atoms with Crippen LogP contribution in [-0.4, -0.2) is 25.5 Å². The van der Waals surface area contributed by atoms with Gasteiger partial charge in [-0.25, -0.2) is 0 Å². The van der Waals surface area contributed by atoms with E-state index in [0.717, 1.165) is 16.7 Å². The Morgan fingerprint density at radius 2 is 2.16 bits per heavy atom. The van der Waals surface area contributed by atoms with Gasteiger partial charge in [0.15, 0.2) is 5.69 Å². The van der Waals surface area contributed by atoms with Crippen molar-refractivity contribution in [2.45, 2.75) is 20.0 Å². The van der Waals surface area contributed by atoms with E-state index in [-0.39, 0.29) is 5.91 Å². The highest BCUT2D eigenvalue weighted by atomic mass is 79.9. The number of carbonyl (C=O) groups is 1. The van der Waals surface area contributed by atoms with Gasteiger partial charge in [-0.05, 0) is 38.8 Å². The van der Waals surface area contributed by atoms with E-state index < -0.39 is 0 Å². The quantitative estimate of drug-likeness (QED) is 0.869. The van der Waals surface area contributed by atoms with Gasteiger partial charge in [-0.2, -0.15) is 10.2 Å². The van der Waals surface area contributed by atoms with Crippen LogP contribution >= 0.6 is 31.9 Å². The Labute approximate surface area is 127 Å². The number of nitrogens with one attached hydrogen (secondary N) is 1. The van der Waals surface area contributed by atoms with Crippen molar-refractivity contribution in [3.05, 3.63) is 32.7 Å². The first kappa shape index (κ1) is 14.3. The van der Waals surface area contributed by atoms with Gasteiger partial charge in [0, 0.05) is 19.8 Å². The van der Waals surface area contributed by atoms with E-state index in [1.54, 1.807) is 24.1 Å². The predicted octanol–water partition coefficient (Wildman–Crippen LogP) is 2.09. The molecule has 0 aliphatic heterocycles. The van der Waals surface area contributed by atoms with Crippen molar-refractivity contribution >= 4 is 37.8 Å². The second-order valence-electron chi connectivity index (χ2n) is 3.94. The summed E-state index contributed by atoms with van der Waals surface area (Å²) < 4.78 is 4.98. The molecule has 2 aromatic rings. The molecule has 0 saturated heterocycles. The third-order valence-corrected chi connectivity index (χ3v) is 3.86. The van der Waals surface area contributed by atoms with Crippen LogP contribution in [0.4, 0.5) is 0 Å². The molecule has 0 spiro atoms. The average molecular weight is 391 g/mol. The van der Waals surface area contributed by atoms with E-state index in [1.165, 1.54) is 0 Å². The van der Waals surface area contributed by atoms with E-state index >= 15 is 0 Å². The van der Waals surface area contributed by atoms with E-state index in [9.17, 15) is 4.79 Å². The topological polar surface area (TPSA) is 64.7 Å². The third kappa shape index (κ3) is 3.06. The zero-order valence-electron chi connectivity index (χ0n) is 10.5. The zero-order valence-corrected chi connectivity index (χ0v) is 13.7. The second kappa shape index (κ2) is 5.87. The molecule has 0 aromatic carbocycles. The molecule has 6 nitrogen and oxygen atoms in total. The average Bonchev–Trinajstić information content (AvgIpc) is 2.89. The fourth-order valence-electron chi connectivity index (χ4n) is 1.70. The molecule has 0 atom stereocenters. The molecule has 0 unspecified atom stereocenters. The van der Waals surface area contributed by atoms with Gasteiger partial charge in [0.2, 0.25) is 0 Å². The third-order valence-electron chi connectivity index (χ3n) is 2.61. The van der Waals surface area contributed by atoms with Crippen molar-refractivity contribution in [2.75, 3.05) is 0 Å². The number of amides is 1. The van der Waals surface area contributed by atoms with Crippen LogP contribution in [0.5, 0.6) is 0 Å². The molecule has 0 fully saturated rings. The highest BCUT2D eigenvalue weighted by Gasteiger charge is 2.15. The van der Waals surface area contributed by atoms with Gasteiger partial charge in [-0.3, -0.25) is 14.2 Å². The van der Waals surface area contributed by atoms with Crippen LogP contribution in [0, 0.1) is 0 Å². The Balaban J connectivity index is 2.08. The largest absolute Gasteiger partial charge is 0.345 e. The Morgan fingerprint density at radius 3 is 2.74 bits per heavy atom. The van der Waals surface area contributed by atoms with Crippen LogP contribution in [0.15, 0.2) is 21.3 Å². The van der Waals surface area contributed by atoms with Gasteiger partial charge >= 0.3 is 0 Å². The minimum atomic E-state index is -0.219. The summed E-state index contributed by atoms with van der Waals surface area (Å²) in [7, 11) is 1.77. The Kier molecular flexibility index (Phi) is 4.41. The molecule has 2 heterocycles. The number of aromatic nitrogens is 4. The zero-order chi connectivity index (χ0) is 14.0. The van der Waals surface area contributed by atoms with Gasteiger partial charge in [0.25, 0.3) is 5.91 Å². The van der Waals surface area contributed by atoms with Crippen LogP contribution in [0.2, 0.25) is 0 Å². The van der Waals surface area contributed by atoms with Crippen LogP contribution in [0.25, 0.3) is 0 Å². The van der Waals surface area contributed by atoms with Crippen LogP contribution in [0.1, 0.15) is 23.1 Å². The molecule has 0 bridgehead atoms. The maximum Gasteiger partial charge on any atom is 0.273 e. The lowest BCUT2D eigenvalue weighted by molar-refractivity contribution is 0.0943. The van der Waals surface area contributed by atoms with E-state index in [2.05, 4.69) is 47.4 Å². The second-order valence-corrected chi connectivity index (χ2v) is 5.65. The summed E-state index contributed by atoms with van der Waals surface area (Å²) in [5, 5.41) is 11.1. The molecule has 19 heavy (non-hydrogen) atoms. The summed E-state index contributed by atoms with van der Waals surface area (Å²) in [6.07, 6.45) is 3.46. The fourth-order valence-corrected chi connectivity index (χ4v) is 2.69. The molecule has 102 valence electrons. The number of halogens is 2. The van der Waals surface area contributed by atoms with Gasteiger partial charge in [0.05, 0.1) is 27.4 Å². The smallest absolute Gasteiger partial charge is 0.273 e. The van der Waals surface area contributed by atoms with Crippen molar-refractivity contribution in [3.63, 3.8) is 0 Å². The minimum absolute atomic E-state index is 0.219. The summed E-state index contributed by atoms with van der Waals surface area (Å²) in [6, 6.07) is 0. The van der Waals surface area contributed by atoms with E-state index in [1.807, 2.05) is 11.6 Å². The van der Waals surface area contributed by atoms with Crippen molar-refractivity contribution in [1.82, 2.24) is 24.9 Å². The van der Waals surface area contributed by atoms with Crippen LogP contribution < -0.4 is 5.32 Å². The van der Waals surface area contributed by atoms with Crippen molar-refractivity contribution in [3.8, 4) is 0 Å². The lowest BCUT2D eigenvalue weighted by Crippen LogP contribution is -2.25. The highest BCUT2D eigenvalue weighted by molar-refractivity contribution is 9.10. The highest BCUT2D eigenvalue weighted by Crippen LogP contribution is 2.17. The molecule has 1 N–H and O–H groups in total. The van der Waals surface area contributed by atoms with E-state index in [4.69, 9.17) is 0 Å². The lowest BCUT2D eigenvalue weighted by Gasteiger charge is -2.07. The van der Waals surface area contributed by atoms with Gasteiger partial charge in [-0.15, -0.1) is 0 Å². The van der Waals surface area contributed by atoms with Gasteiger partial charge < -0.3 is 5.32 Å². The summed E-state index contributed by atoms with van der Waals surface area (Å²) in [5.74, 6) is -0.219. The Bertz CT molecular complexity index is 604. The molecule has 8 heteroatoms. The molecule has 1 amide bonds. The van der Waals surface area contributed by atoms with Crippen molar-refractivity contribution in [1.29, 1.82) is 0 Å². The first-order valence-electron chi connectivity index (χ1n) is 5.70. The standard InChI is InChI=1S/C11H13Br2N5O/c1-3-18-9(7(12)4-15-18)5-14-11(19)10-8(13)6-17(2)16-10/h4,6H,3,5H2,1-2H3,(H,14,19). The number of nitrogens with zero attached hydrogens (tertiary/aromatic N) is 4. The lowest BCUT2D eigenvalue weighted by atomic mass is 10.3. The maximum atomic E-state index is 12.0. The minimum Gasteiger partial charge on any atom is -0.345 e. The van der Waals surface area contributed by atoms with Crippen molar-refractivity contribution in [2.24, 2.45) is 7.05 Å². The normalized spacial score (nSPS) is 10.7. The molecular formula is C11H13Br2N5O. The number of aryl methyl sites for hydroxylation is 2. The Morgan fingerprint density at radius 1 is 1.42 bits per heavy atom. The number of rotatable bonds is 4. The summed E-state index contributed by atoms with van der Waals surface area (Å²) in [5.41, 5.74) is 1.31. The fraction of sp³-hybridized carbons (Fsp3) is 0.364. The van der Waals surface area contributed by atoms with E-state index in [0.29, 0.717) is 16.7 Å². The first-order chi connectivity index (χ1) is 9.02. The van der Waals surface area contributed by atoms with Gasteiger partial charge in [-0.1, -0.05) is 0 Å². The summed E-state index contributed by atoms with van der Waals surface area (Å²) in [6.45, 7) is 3.15. The summed E-state index contributed by atoms with van der Waals surface area (Å²) >= 11 is 6.73. The monoisotopic (exact) mass is 389 g/mol. The number of hydrogen-bond acceptors (Lipinski definition) is 3. The molecule has 2 rings (SSSR count). The SMILES string of the molecule is CCn1ncc(Br)c1CNC(=O)c1nn(C)cc1Br. The summed E-state index contributed by atoms with van der Waals surface area (Å²) in [4.78, 5) is 12.0. The predicted molar refractivity (Wildman–Crippen MR) is 77.7 cm³/mol. The Hall–Kier alpha value is -1.15. The maximum absolute atomic E-state index is 12.0. The molecule has 0 aliphatic rings. The van der Waals surface area contributed by atoms with Crippen LogP contribution in [-0.2, 0) is 20.1 Å². The van der Waals surface area contributed by atoms with Crippen LogP contribution in [0.3, 0.4) is 0 Å². The number of carbonyl (C=O) groups excluding carboxylic acids is 1. The molecule has 2 aromatic heterocycles. The molecule has 0 saturated carbocycles. The number of hydrogen-bond donors (Lipinski definition) is 1.